The average molecular weight is 484 g/mol. The molecule has 1 aliphatic carbocycles. The van der Waals surface area contributed by atoms with Gasteiger partial charge in [-0.05, 0) is 42.7 Å². The highest BCUT2D eigenvalue weighted by Gasteiger charge is 2.27. The second-order valence-electron chi connectivity index (χ2n) is 9.37. The molecule has 0 saturated heterocycles. The number of carbonyl (C=O) groups is 1. The van der Waals surface area contributed by atoms with Gasteiger partial charge >= 0.3 is 0 Å². The van der Waals surface area contributed by atoms with E-state index in [2.05, 4.69) is 17.0 Å². The quantitative estimate of drug-likeness (QED) is 0.294. The smallest absolute Gasteiger partial charge is 0.243 e. The molecular formula is C30H33N3O3. The highest BCUT2D eigenvalue weighted by Crippen LogP contribution is 2.26. The van der Waals surface area contributed by atoms with E-state index in [4.69, 9.17) is 14.5 Å². The number of nitrogens with zero attached hydrogens (tertiary/aromatic N) is 3. The summed E-state index contributed by atoms with van der Waals surface area (Å²) in [5, 5.41) is 0. The Labute approximate surface area is 212 Å². The fourth-order valence-electron chi connectivity index (χ4n) is 5.07. The standard InChI is InChI=1S/C30H33N3O3/c1-35-25-15-10-16-26(19-25)36-22-29-31-27-17-8-9-18-28(27)33(29)21-30(34)32(24-13-6-3-7-14-24)20-23-11-4-2-5-12-23/h2,4-5,8-12,15-19,24H,3,6-7,13-14,20-22H2,1H3. The van der Waals surface area contributed by atoms with Crippen LogP contribution in [0.5, 0.6) is 11.5 Å². The molecule has 1 aromatic heterocycles. The fraction of sp³-hybridized carbons (Fsp3) is 0.333. The lowest BCUT2D eigenvalue weighted by Gasteiger charge is -2.35. The number of hydrogen-bond donors (Lipinski definition) is 0. The molecule has 186 valence electrons. The summed E-state index contributed by atoms with van der Waals surface area (Å²) in [6.07, 6.45) is 5.74. The summed E-state index contributed by atoms with van der Waals surface area (Å²) in [4.78, 5) is 20.8. The van der Waals surface area contributed by atoms with E-state index in [1.54, 1.807) is 7.11 Å². The zero-order valence-corrected chi connectivity index (χ0v) is 20.8. The van der Waals surface area contributed by atoms with Crippen LogP contribution >= 0.6 is 0 Å². The van der Waals surface area contributed by atoms with Gasteiger partial charge in [0.2, 0.25) is 5.91 Å². The average Bonchev–Trinajstić information content (AvgIpc) is 3.28. The minimum atomic E-state index is 0.122. The maximum absolute atomic E-state index is 13.9. The highest BCUT2D eigenvalue weighted by atomic mass is 16.5. The zero-order valence-electron chi connectivity index (χ0n) is 20.8. The summed E-state index contributed by atoms with van der Waals surface area (Å²) in [6.45, 7) is 1.13. The molecule has 0 unspecified atom stereocenters. The monoisotopic (exact) mass is 483 g/mol. The third-order valence-corrected chi connectivity index (χ3v) is 6.97. The molecule has 1 fully saturated rings. The summed E-state index contributed by atoms with van der Waals surface area (Å²) in [5.74, 6) is 2.29. The van der Waals surface area contributed by atoms with E-state index in [1.807, 2.05) is 71.3 Å². The minimum absolute atomic E-state index is 0.122. The van der Waals surface area contributed by atoms with Crippen molar-refractivity contribution in [1.29, 1.82) is 0 Å². The van der Waals surface area contributed by atoms with Crippen LogP contribution in [0.3, 0.4) is 0 Å². The van der Waals surface area contributed by atoms with Crippen molar-refractivity contribution in [3.8, 4) is 11.5 Å². The molecule has 0 bridgehead atoms. The van der Waals surface area contributed by atoms with Crippen molar-refractivity contribution in [1.82, 2.24) is 14.5 Å². The van der Waals surface area contributed by atoms with Crippen molar-refractivity contribution in [3.63, 3.8) is 0 Å². The molecule has 0 aliphatic heterocycles. The predicted octanol–water partition coefficient (Wildman–Crippen LogP) is 5.99. The largest absolute Gasteiger partial charge is 0.497 e. The number of fused-ring (bicyclic) bond motifs is 1. The van der Waals surface area contributed by atoms with E-state index in [-0.39, 0.29) is 25.1 Å². The summed E-state index contributed by atoms with van der Waals surface area (Å²) in [6, 6.07) is 26.0. The van der Waals surface area contributed by atoms with Crippen LogP contribution in [0.25, 0.3) is 11.0 Å². The molecule has 1 aliphatic rings. The number of imidazole rings is 1. The van der Waals surface area contributed by atoms with E-state index < -0.39 is 0 Å². The third kappa shape index (κ3) is 5.54. The number of hydrogen-bond acceptors (Lipinski definition) is 4. The number of rotatable bonds is 9. The van der Waals surface area contributed by atoms with Gasteiger partial charge in [-0.25, -0.2) is 4.98 Å². The van der Waals surface area contributed by atoms with Gasteiger partial charge < -0.3 is 18.9 Å². The molecular weight excluding hydrogens is 450 g/mol. The van der Waals surface area contributed by atoms with E-state index in [0.29, 0.717) is 12.3 Å². The van der Waals surface area contributed by atoms with Crippen LogP contribution in [0.1, 0.15) is 43.5 Å². The van der Waals surface area contributed by atoms with E-state index in [9.17, 15) is 4.79 Å². The summed E-state index contributed by atoms with van der Waals surface area (Å²) in [5.41, 5.74) is 2.97. The van der Waals surface area contributed by atoms with Crippen LogP contribution in [0.2, 0.25) is 0 Å². The molecule has 1 amide bonds. The van der Waals surface area contributed by atoms with Gasteiger partial charge in [0.15, 0.2) is 0 Å². The molecule has 0 atom stereocenters. The molecule has 0 N–H and O–H groups in total. The van der Waals surface area contributed by atoms with Gasteiger partial charge in [-0.15, -0.1) is 0 Å². The third-order valence-electron chi connectivity index (χ3n) is 6.97. The van der Waals surface area contributed by atoms with Crippen LogP contribution in [0.15, 0.2) is 78.9 Å². The maximum Gasteiger partial charge on any atom is 0.243 e. The first kappa shape index (κ1) is 23.9. The molecule has 3 aromatic carbocycles. The van der Waals surface area contributed by atoms with Gasteiger partial charge in [-0.3, -0.25) is 4.79 Å². The molecule has 1 saturated carbocycles. The Kier molecular flexibility index (Phi) is 7.50. The topological polar surface area (TPSA) is 56.6 Å². The van der Waals surface area contributed by atoms with Gasteiger partial charge in [-0.2, -0.15) is 0 Å². The summed E-state index contributed by atoms with van der Waals surface area (Å²) < 4.78 is 13.4. The van der Waals surface area contributed by atoms with Crippen LogP contribution < -0.4 is 9.47 Å². The predicted molar refractivity (Wildman–Crippen MR) is 141 cm³/mol. The van der Waals surface area contributed by atoms with Crippen LogP contribution in [-0.2, 0) is 24.5 Å². The second kappa shape index (κ2) is 11.3. The number of benzene rings is 3. The van der Waals surface area contributed by atoms with Crippen molar-refractivity contribution < 1.29 is 14.3 Å². The van der Waals surface area contributed by atoms with Gasteiger partial charge in [0, 0.05) is 18.7 Å². The molecule has 0 spiro atoms. The van der Waals surface area contributed by atoms with Crippen molar-refractivity contribution in [2.45, 2.75) is 57.8 Å². The lowest BCUT2D eigenvalue weighted by molar-refractivity contribution is -0.135. The van der Waals surface area contributed by atoms with Crippen LogP contribution in [-0.4, -0.2) is 33.5 Å². The summed E-state index contributed by atoms with van der Waals surface area (Å²) >= 11 is 0. The molecule has 36 heavy (non-hydrogen) atoms. The normalized spacial score (nSPS) is 14.0. The lowest BCUT2D eigenvalue weighted by atomic mass is 9.93. The van der Waals surface area contributed by atoms with Crippen LogP contribution in [0, 0.1) is 0 Å². The first-order valence-electron chi connectivity index (χ1n) is 12.8. The minimum Gasteiger partial charge on any atom is -0.497 e. The Morgan fingerprint density at radius 2 is 1.69 bits per heavy atom. The first-order valence-corrected chi connectivity index (χ1v) is 12.8. The molecule has 0 radical (unpaired) electrons. The van der Waals surface area contributed by atoms with Gasteiger partial charge in [0.25, 0.3) is 0 Å². The van der Waals surface area contributed by atoms with Gasteiger partial charge in [0.05, 0.1) is 18.1 Å². The van der Waals surface area contributed by atoms with Crippen molar-refractivity contribution >= 4 is 16.9 Å². The first-order chi connectivity index (χ1) is 17.7. The van der Waals surface area contributed by atoms with Crippen molar-refractivity contribution in [3.05, 3.63) is 90.3 Å². The highest BCUT2D eigenvalue weighted by molar-refractivity contribution is 5.81. The van der Waals surface area contributed by atoms with Gasteiger partial charge in [-0.1, -0.05) is 67.8 Å². The van der Waals surface area contributed by atoms with Crippen LogP contribution in [0.4, 0.5) is 0 Å². The number of carbonyl (C=O) groups excluding carboxylic acids is 1. The second-order valence-corrected chi connectivity index (χ2v) is 9.37. The molecule has 6 heteroatoms. The van der Waals surface area contributed by atoms with E-state index >= 15 is 0 Å². The molecule has 5 rings (SSSR count). The Balaban J connectivity index is 1.41. The number of aromatic nitrogens is 2. The SMILES string of the molecule is COc1cccc(OCc2nc3ccccc3n2CC(=O)N(Cc2ccccc2)C2CCCCC2)c1. The number of methoxy groups -OCH3 is 1. The van der Waals surface area contributed by atoms with Crippen molar-refractivity contribution in [2.75, 3.05) is 7.11 Å². The zero-order chi connectivity index (χ0) is 24.7. The molecule has 6 nitrogen and oxygen atoms in total. The summed E-state index contributed by atoms with van der Waals surface area (Å²) in [7, 11) is 1.64. The molecule has 4 aromatic rings. The fourth-order valence-corrected chi connectivity index (χ4v) is 5.07. The Morgan fingerprint density at radius 1 is 0.944 bits per heavy atom. The van der Waals surface area contributed by atoms with Crippen molar-refractivity contribution in [2.24, 2.45) is 0 Å². The number of amides is 1. The Bertz CT molecular complexity index is 1300. The van der Waals surface area contributed by atoms with E-state index in [1.165, 1.54) is 19.3 Å². The molecule has 1 heterocycles. The van der Waals surface area contributed by atoms with Gasteiger partial charge in [0.1, 0.15) is 30.5 Å². The maximum atomic E-state index is 13.9. The Morgan fingerprint density at radius 3 is 2.50 bits per heavy atom. The number of para-hydroxylation sites is 2. The van der Waals surface area contributed by atoms with E-state index in [0.717, 1.165) is 41.0 Å². The lowest BCUT2D eigenvalue weighted by Crippen LogP contribution is -2.42. The Hall–Kier alpha value is -3.80. The number of ether oxygens (including phenoxy) is 2.